The molecule has 25 heavy (non-hydrogen) atoms. The normalized spacial score (nSPS) is 25.4. The number of fused-ring (bicyclic) bond motifs is 3. The number of esters is 1. The Hall–Kier alpha value is -2.40. The number of hydrogen-bond donors (Lipinski definition) is 0. The van der Waals surface area contributed by atoms with Crippen LogP contribution in [-0.2, 0) is 14.6 Å². The summed E-state index contributed by atoms with van der Waals surface area (Å²) >= 11 is 0. The molecule has 0 N–H and O–H groups in total. The molecule has 4 rings (SSSR count). The summed E-state index contributed by atoms with van der Waals surface area (Å²) in [4.78, 5) is 13.2. The van der Waals surface area contributed by atoms with Gasteiger partial charge in [0.05, 0.1) is 4.90 Å². The van der Waals surface area contributed by atoms with Crippen molar-refractivity contribution in [3.05, 3.63) is 71.8 Å². The number of benzene rings is 2. The molecule has 2 aromatic carbocycles. The summed E-state index contributed by atoms with van der Waals surface area (Å²) in [6.07, 6.45) is 2.51. The molecule has 0 fully saturated rings. The summed E-state index contributed by atoms with van der Waals surface area (Å²) in [5.41, 5.74) is 1.88. The molecule has 2 aliphatic rings. The fourth-order valence-electron chi connectivity index (χ4n) is 3.89. The van der Waals surface area contributed by atoms with E-state index in [9.17, 15) is 13.2 Å². The van der Waals surface area contributed by atoms with Gasteiger partial charge in [0.1, 0.15) is 5.75 Å². The lowest BCUT2D eigenvalue weighted by molar-refractivity contribution is -0.139. The van der Waals surface area contributed by atoms with Gasteiger partial charge in [0, 0.05) is 11.5 Å². The van der Waals surface area contributed by atoms with Gasteiger partial charge in [-0.2, -0.15) is 0 Å². The molecular formula is C20H18O4S. The van der Waals surface area contributed by atoms with E-state index in [0.717, 1.165) is 11.1 Å². The highest BCUT2D eigenvalue weighted by atomic mass is 32.2. The van der Waals surface area contributed by atoms with Gasteiger partial charge in [0.2, 0.25) is 0 Å². The van der Waals surface area contributed by atoms with Crippen LogP contribution in [0.1, 0.15) is 31.2 Å². The van der Waals surface area contributed by atoms with E-state index in [2.05, 4.69) is 0 Å². The molecule has 2 atom stereocenters. The Kier molecular flexibility index (Phi) is 3.58. The summed E-state index contributed by atoms with van der Waals surface area (Å²) in [5.74, 6) is -0.657. The Balaban J connectivity index is 1.99. The van der Waals surface area contributed by atoms with Gasteiger partial charge in [-0.25, -0.2) is 13.2 Å². The van der Waals surface area contributed by atoms with Gasteiger partial charge in [-0.15, -0.1) is 0 Å². The summed E-state index contributed by atoms with van der Waals surface area (Å²) in [6, 6.07) is 15.4. The molecule has 0 unspecified atom stereocenters. The van der Waals surface area contributed by atoms with Gasteiger partial charge >= 0.3 is 5.97 Å². The number of sulfone groups is 1. The minimum absolute atomic E-state index is 0.133. The number of allylic oxidation sites excluding steroid dienone is 2. The van der Waals surface area contributed by atoms with E-state index < -0.39 is 26.5 Å². The first-order valence-electron chi connectivity index (χ1n) is 8.23. The van der Waals surface area contributed by atoms with Crippen molar-refractivity contribution in [2.75, 3.05) is 0 Å². The van der Waals surface area contributed by atoms with Gasteiger partial charge in [-0.05, 0) is 38.0 Å². The van der Waals surface area contributed by atoms with Gasteiger partial charge in [-0.1, -0.05) is 48.0 Å². The second-order valence-corrected chi connectivity index (χ2v) is 8.85. The van der Waals surface area contributed by atoms with Crippen LogP contribution in [0.2, 0.25) is 0 Å². The van der Waals surface area contributed by atoms with E-state index in [1.54, 1.807) is 42.5 Å². The van der Waals surface area contributed by atoms with E-state index in [4.69, 9.17) is 4.74 Å². The molecule has 0 amide bonds. The zero-order chi connectivity index (χ0) is 17.7. The van der Waals surface area contributed by atoms with Crippen molar-refractivity contribution in [3.63, 3.8) is 0 Å². The molecule has 5 heteroatoms. The van der Waals surface area contributed by atoms with E-state index in [0.29, 0.717) is 12.2 Å². The molecule has 0 saturated heterocycles. The molecule has 128 valence electrons. The number of carbonyl (C=O) groups is 1. The van der Waals surface area contributed by atoms with Gasteiger partial charge in [0.25, 0.3) is 0 Å². The summed E-state index contributed by atoms with van der Waals surface area (Å²) in [6.45, 7) is 1.97. The minimum Gasteiger partial charge on any atom is -0.425 e. The topological polar surface area (TPSA) is 60.4 Å². The quantitative estimate of drug-likeness (QED) is 0.469. The third-order valence-corrected chi connectivity index (χ3v) is 7.69. The highest BCUT2D eigenvalue weighted by Gasteiger charge is 2.61. The Bertz CT molecular complexity index is 976. The Morgan fingerprint density at radius 1 is 1.04 bits per heavy atom. The van der Waals surface area contributed by atoms with Crippen molar-refractivity contribution in [2.24, 2.45) is 0 Å². The number of hydrogen-bond acceptors (Lipinski definition) is 4. The van der Waals surface area contributed by atoms with Crippen LogP contribution in [0.4, 0.5) is 0 Å². The fraction of sp³-hybridized carbons (Fsp3) is 0.250. The van der Waals surface area contributed by atoms with Crippen LogP contribution < -0.4 is 4.74 Å². The van der Waals surface area contributed by atoms with Gasteiger partial charge < -0.3 is 4.74 Å². The summed E-state index contributed by atoms with van der Waals surface area (Å²) in [7, 11) is -3.92. The summed E-state index contributed by atoms with van der Waals surface area (Å²) in [5, 5.41) is 0. The van der Waals surface area contributed by atoms with Gasteiger partial charge in [-0.3, -0.25) is 0 Å². The number of para-hydroxylation sites is 1. The Morgan fingerprint density at radius 2 is 1.72 bits per heavy atom. The van der Waals surface area contributed by atoms with Crippen LogP contribution in [0, 0.1) is 0 Å². The zero-order valence-electron chi connectivity index (χ0n) is 13.8. The molecule has 1 heterocycles. The van der Waals surface area contributed by atoms with E-state index >= 15 is 0 Å². The molecule has 1 aliphatic heterocycles. The lowest BCUT2D eigenvalue weighted by Gasteiger charge is -2.43. The van der Waals surface area contributed by atoms with Crippen molar-refractivity contribution in [3.8, 4) is 5.75 Å². The molecular weight excluding hydrogens is 336 g/mol. The number of rotatable bonds is 2. The maximum atomic E-state index is 13.5. The fourth-order valence-corrected chi connectivity index (χ4v) is 5.97. The zero-order valence-corrected chi connectivity index (χ0v) is 14.6. The predicted molar refractivity (Wildman–Crippen MR) is 94.2 cm³/mol. The first-order valence-corrected chi connectivity index (χ1v) is 9.71. The van der Waals surface area contributed by atoms with E-state index in [1.807, 2.05) is 25.1 Å². The highest BCUT2D eigenvalue weighted by molar-refractivity contribution is 7.93. The van der Waals surface area contributed by atoms with Crippen molar-refractivity contribution >= 4 is 15.8 Å². The minimum atomic E-state index is -3.92. The van der Waals surface area contributed by atoms with Crippen molar-refractivity contribution in [1.29, 1.82) is 0 Å². The van der Waals surface area contributed by atoms with Crippen molar-refractivity contribution in [1.82, 2.24) is 0 Å². The summed E-state index contributed by atoms with van der Waals surface area (Å²) < 4.78 is 31.0. The van der Waals surface area contributed by atoms with E-state index in [-0.39, 0.29) is 11.3 Å². The first kappa shape index (κ1) is 16.1. The largest absolute Gasteiger partial charge is 0.425 e. The van der Waals surface area contributed by atoms with Crippen LogP contribution in [-0.4, -0.2) is 19.1 Å². The molecule has 0 bridgehead atoms. The van der Waals surface area contributed by atoms with E-state index in [1.165, 1.54) is 0 Å². The average molecular weight is 354 g/mol. The maximum Gasteiger partial charge on any atom is 0.334 e. The molecule has 2 aromatic rings. The van der Waals surface area contributed by atoms with Crippen LogP contribution in [0.15, 0.2) is 71.1 Å². The van der Waals surface area contributed by atoms with Crippen LogP contribution in [0.3, 0.4) is 0 Å². The van der Waals surface area contributed by atoms with Crippen LogP contribution >= 0.6 is 0 Å². The number of carbonyl (C=O) groups excluding carboxylic acids is 1. The molecule has 0 aromatic heterocycles. The first-order chi connectivity index (χ1) is 12.0. The van der Waals surface area contributed by atoms with Crippen molar-refractivity contribution < 1.29 is 17.9 Å². The lowest BCUT2D eigenvalue weighted by atomic mass is 9.73. The molecule has 0 radical (unpaired) electrons. The third kappa shape index (κ3) is 2.19. The molecule has 1 aliphatic carbocycles. The maximum absolute atomic E-state index is 13.5. The smallest absolute Gasteiger partial charge is 0.334 e. The van der Waals surface area contributed by atoms with Crippen LogP contribution in [0.5, 0.6) is 5.75 Å². The molecule has 0 spiro atoms. The standard InChI is InChI=1S/C20H18O4S/c1-14-11-12-20(25(22,23)15-7-3-2-4-8-15)17(13-14)16-9-5-6-10-18(16)24-19(20)21/h2-11,17H,12-13H2,1H3/t17-,20+/m0/s1. The Morgan fingerprint density at radius 3 is 2.48 bits per heavy atom. The number of ether oxygens (including phenoxy) is 1. The van der Waals surface area contributed by atoms with Gasteiger partial charge in [0.15, 0.2) is 14.6 Å². The molecule has 0 saturated carbocycles. The second kappa shape index (κ2) is 5.56. The second-order valence-electron chi connectivity index (χ2n) is 6.64. The Labute approximate surface area is 147 Å². The monoisotopic (exact) mass is 354 g/mol. The SMILES string of the molecule is CC1=CC[C@]2(S(=O)(=O)c3ccccc3)C(=O)Oc3ccccc3[C@@H]2C1. The third-order valence-electron chi connectivity index (χ3n) is 5.22. The predicted octanol–water partition coefficient (Wildman–Crippen LogP) is 3.64. The molecule has 4 nitrogen and oxygen atoms in total. The average Bonchev–Trinajstić information content (AvgIpc) is 2.62. The van der Waals surface area contributed by atoms with Crippen molar-refractivity contribution in [2.45, 2.75) is 35.3 Å². The highest BCUT2D eigenvalue weighted by Crippen LogP contribution is 2.53. The lowest BCUT2D eigenvalue weighted by Crippen LogP contribution is -2.56. The van der Waals surface area contributed by atoms with Crippen LogP contribution in [0.25, 0.3) is 0 Å².